The highest BCUT2D eigenvalue weighted by atomic mass is 19.1. The highest BCUT2D eigenvalue weighted by molar-refractivity contribution is 5.97. The lowest BCUT2D eigenvalue weighted by molar-refractivity contribution is -0.167. The lowest BCUT2D eigenvalue weighted by Crippen LogP contribution is -2.36. The molecule has 0 amide bonds. The summed E-state index contributed by atoms with van der Waals surface area (Å²) in [4.78, 5) is 35.9. The monoisotopic (exact) mass is 392 g/mol. The molecule has 5 nitrogen and oxygen atoms in total. The second-order valence-corrected chi connectivity index (χ2v) is 7.95. The van der Waals surface area contributed by atoms with Gasteiger partial charge in [0.25, 0.3) is 0 Å². The normalized spacial score (nSPS) is 22.0. The Kier molecular flexibility index (Phi) is 8.15. The smallest absolute Gasteiger partial charge is 0.344 e. The van der Waals surface area contributed by atoms with Crippen molar-refractivity contribution in [3.8, 4) is 0 Å². The van der Waals surface area contributed by atoms with Crippen molar-refractivity contribution in [1.29, 1.82) is 0 Å². The first-order chi connectivity index (χ1) is 13.3. The Labute approximate surface area is 165 Å². The molecular formula is C22H29FO5. The lowest BCUT2D eigenvalue weighted by atomic mass is 9.75. The van der Waals surface area contributed by atoms with Gasteiger partial charge in [0.05, 0.1) is 6.42 Å². The first kappa shape index (κ1) is 22.1. The third-order valence-corrected chi connectivity index (χ3v) is 5.32. The van der Waals surface area contributed by atoms with Crippen LogP contribution in [-0.4, -0.2) is 30.4 Å². The number of hydrogen-bond donors (Lipinski definition) is 0. The largest absolute Gasteiger partial charge is 0.460 e. The van der Waals surface area contributed by atoms with E-state index in [9.17, 15) is 18.8 Å². The molecule has 0 radical (unpaired) electrons. The first-order valence-corrected chi connectivity index (χ1v) is 9.90. The second kappa shape index (κ2) is 10.3. The summed E-state index contributed by atoms with van der Waals surface area (Å²) in [7, 11) is 0. The van der Waals surface area contributed by atoms with Crippen LogP contribution in [0.2, 0.25) is 0 Å². The molecule has 0 saturated heterocycles. The summed E-state index contributed by atoms with van der Waals surface area (Å²) in [5.41, 5.74) is 0.333. The Morgan fingerprint density at radius 1 is 1.07 bits per heavy atom. The van der Waals surface area contributed by atoms with Crippen molar-refractivity contribution in [3.05, 3.63) is 35.6 Å². The molecule has 1 aliphatic rings. The van der Waals surface area contributed by atoms with E-state index in [0.29, 0.717) is 23.3 Å². The van der Waals surface area contributed by atoms with Crippen molar-refractivity contribution in [2.75, 3.05) is 6.61 Å². The van der Waals surface area contributed by atoms with Gasteiger partial charge in [0.2, 0.25) is 0 Å². The highest BCUT2D eigenvalue weighted by Crippen LogP contribution is 2.35. The molecule has 2 rings (SSSR count). The minimum Gasteiger partial charge on any atom is -0.460 e. The van der Waals surface area contributed by atoms with Gasteiger partial charge < -0.3 is 9.47 Å². The molecule has 0 aliphatic heterocycles. The molecule has 1 saturated carbocycles. The van der Waals surface area contributed by atoms with Gasteiger partial charge >= 0.3 is 11.9 Å². The van der Waals surface area contributed by atoms with Gasteiger partial charge in [-0.05, 0) is 54.9 Å². The fourth-order valence-corrected chi connectivity index (χ4v) is 3.66. The maximum Gasteiger partial charge on any atom is 0.344 e. The third kappa shape index (κ3) is 6.73. The average molecular weight is 392 g/mol. The molecular weight excluding hydrogens is 363 g/mol. The Balaban J connectivity index is 1.73. The fraction of sp³-hybridized carbons (Fsp3) is 0.591. The van der Waals surface area contributed by atoms with Crippen molar-refractivity contribution in [2.45, 2.75) is 59.0 Å². The Bertz CT molecular complexity index is 683. The summed E-state index contributed by atoms with van der Waals surface area (Å²) < 4.78 is 23.4. The van der Waals surface area contributed by atoms with Gasteiger partial charge in [-0.15, -0.1) is 0 Å². The van der Waals surface area contributed by atoms with E-state index in [-0.39, 0.29) is 24.7 Å². The highest BCUT2D eigenvalue weighted by Gasteiger charge is 2.33. The van der Waals surface area contributed by atoms with Crippen LogP contribution in [0.1, 0.15) is 63.2 Å². The minimum absolute atomic E-state index is 0.0604. The van der Waals surface area contributed by atoms with Gasteiger partial charge in [-0.2, -0.15) is 0 Å². The zero-order valence-corrected chi connectivity index (χ0v) is 16.8. The van der Waals surface area contributed by atoms with Gasteiger partial charge in [-0.1, -0.05) is 27.2 Å². The van der Waals surface area contributed by atoms with Crippen LogP contribution in [0.3, 0.4) is 0 Å². The molecule has 1 aliphatic carbocycles. The van der Waals surface area contributed by atoms with Crippen LogP contribution in [0.25, 0.3) is 0 Å². The molecule has 154 valence electrons. The van der Waals surface area contributed by atoms with E-state index < -0.39 is 24.4 Å². The number of hydrogen-bond acceptors (Lipinski definition) is 5. The summed E-state index contributed by atoms with van der Waals surface area (Å²) in [5.74, 6) is -0.646. The van der Waals surface area contributed by atoms with Gasteiger partial charge in [0, 0.05) is 12.0 Å². The van der Waals surface area contributed by atoms with Crippen molar-refractivity contribution in [3.63, 3.8) is 0 Å². The predicted octanol–water partition coefficient (Wildman–Crippen LogP) is 4.34. The SMILES string of the molecule is CC(C)[C@@H]1CC[C@H](C)C[C@H]1OC(=O)COC(=O)CCC(=O)c1ccc(F)cc1. The molecule has 0 spiro atoms. The quantitative estimate of drug-likeness (QED) is 0.486. The van der Waals surface area contributed by atoms with Crippen LogP contribution in [-0.2, 0) is 19.1 Å². The number of ketones is 1. The molecule has 6 heteroatoms. The van der Waals surface area contributed by atoms with Crippen molar-refractivity contribution >= 4 is 17.7 Å². The molecule has 1 aromatic carbocycles. The number of carbonyl (C=O) groups excluding carboxylic acids is 3. The Hall–Kier alpha value is -2.24. The molecule has 0 unspecified atom stereocenters. The number of rotatable bonds is 8. The van der Waals surface area contributed by atoms with Gasteiger partial charge in [-0.3, -0.25) is 9.59 Å². The van der Waals surface area contributed by atoms with Gasteiger partial charge in [0.15, 0.2) is 12.4 Å². The number of benzene rings is 1. The van der Waals surface area contributed by atoms with Crippen molar-refractivity contribution in [2.24, 2.45) is 17.8 Å². The Morgan fingerprint density at radius 2 is 1.75 bits per heavy atom. The van der Waals surface area contributed by atoms with E-state index >= 15 is 0 Å². The van der Waals surface area contributed by atoms with E-state index in [2.05, 4.69) is 20.8 Å². The number of ether oxygens (including phenoxy) is 2. The molecule has 28 heavy (non-hydrogen) atoms. The molecule has 0 bridgehead atoms. The van der Waals surface area contributed by atoms with Crippen molar-refractivity contribution < 1.29 is 28.2 Å². The van der Waals surface area contributed by atoms with Crippen LogP contribution in [0.15, 0.2) is 24.3 Å². The third-order valence-electron chi connectivity index (χ3n) is 5.32. The summed E-state index contributed by atoms with van der Waals surface area (Å²) in [6.45, 7) is 5.95. The molecule has 3 atom stereocenters. The summed E-state index contributed by atoms with van der Waals surface area (Å²) in [5, 5.41) is 0. The fourth-order valence-electron chi connectivity index (χ4n) is 3.66. The lowest BCUT2D eigenvalue weighted by Gasteiger charge is -2.36. The summed E-state index contributed by atoms with van der Waals surface area (Å²) in [6, 6.07) is 5.13. The molecule has 1 fully saturated rings. The second-order valence-electron chi connectivity index (χ2n) is 7.95. The topological polar surface area (TPSA) is 69.7 Å². The zero-order valence-electron chi connectivity index (χ0n) is 16.8. The number of esters is 2. The summed E-state index contributed by atoms with van der Waals surface area (Å²) in [6.07, 6.45) is 2.65. The van der Waals surface area contributed by atoms with Crippen LogP contribution in [0, 0.1) is 23.6 Å². The molecule has 0 N–H and O–H groups in total. The summed E-state index contributed by atoms with van der Waals surface area (Å²) >= 11 is 0. The number of Topliss-reactive ketones (excluding diaryl/α,β-unsaturated/α-hetero) is 1. The van der Waals surface area contributed by atoms with Crippen LogP contribution >= 0.6 is 0 Å². The van der Waals surface area contributed by atoms with E-state index in [4.69, 9.17) is 9.47 Å². The Morgan fingerprint density at radius 3 is 2.39 bits per heavy atom. The van der Waals surface area contributed by atoms with Gasteiger partial charge in [-0.25, -0.2) is 9.18 Å². The average Bonchev–Trinajstić information content (AvgIpc) is 2.64. The maximum atomic E-state index is 12.9. The molecule has 0 heterocycles. The molecule has 0 aromatic heterocycles. The van der Waals surface area contributed by atoms with Crippen LogP contribution < -0.4 is 0 Å². The van der Waals surface area contributed by atoms with E-state index in [1.807, 2.05) is 0 Å². The van der Waals surface area contributed by atoms with Crippen LogP contribution in [0.5, 0.6) is 0 Å². The van der Waals surface area contributed by atoms with Crippen molar-refractivity contribution in [1.82, 2.24) is 0 Å². The molecule has 1 aromatic rings. The van der Waals surface area contributed by atoms with E-state index in [0.717, 1.165) is 19.3 Å². The first-order valence-electron chi connectivity index (χ1n) is 9.90. The van der Waals surface area contributed by atoms with E-state index in [1.54, 1.807) is 0 Å². The van der Waals surface area contributed by atoms with E-state index in [1.165, 1.54) is 24.3 Å². The minimum atomic E-state index is -0.634. The number of halogens is 1. The zero-order chi connectivity index (χ0) is 20.7. The number of carbonyl (C=O) groups is 3. The maximum absolute atomic E-state index is 12.9. The predicted molar refractivity (Wildman–Crippen MR) is 102 cm³/mol. The van der Waals surface area contributed by atoms with Crippen LogP contribution in [0.4, 0.5) is 4.39 Å². The van der Waals surface area contributed by atoms with Gasteiger partial charge in [0.1, 0.15) is 11.9 Å². The standard InChI is InChI=1S/C22H29FO5/c1-14(2)18-9-4-15(3)12-20(18)28-22(26)13-27-21(25)11-10-19(24)16-5-7-17(23)8-6-16/h5-8,14-15,18,20H,4,9-13H2,1-3H3/t15-,18-,20+/m0/s1.